The predicted octanol–water partition coefficient (Wildman–Crippen LogP) is 2.01. The number of methoxy groups -OCH3 is 3. The van der Waals surface area contributed by atoms with Crippen molar-refractivity contribution in [1.29, 1.82) is 0 Å². The van der Waals surface area contributed by atoms with Gasteiger partial charge in [0.1, 0.15) is 16.9 Å². The number of carbonyl (C=O) groups excluding carboxylic acids is 1. The second-order valence-electron chi connectivity index (χ2n) is 5.17. The average molecular weight is 346 g/mol. The molecule has 2 heterocycles. The van der Waals surface area contributed by atoms with Gasteiger partial charge in [-0.2, -0.15) is 0 Å². The summed E-state index contributed by atoms with van der Waals surface area (Å²) in [4.78, 5) is 36.8. The van der Waals surface area contributed by atoms with Gasteiger partial charge in [-0.3, -0.25) is 4.79 Å². The van der Waals surface area contributed by atoms with Crippen molar-refractivity contribution in [2.24, 2.45) is 0 Å². The standard InChI is InChI=1S/C17H14O8/c1-7-5-8(18)11-15(24-7)12-9(25-17(11)20)6-10(21-2)14(22-3)13(12)16(19)23-4/h5-6H,1-4H3. The molecule has 0 aliphatic heterocycles. The summed E-state index contributed by atoms with van der Waals surface area (Å²) in [5.74, 6) is -0.260. The monoisotopic (exact) mass is 346 g/mol. The molecule has 0 saturated heterocycles. The van der Waals surface area contributed by atoms with E-state index in [1.165, 1.54) is 33.5 Å². The smallest absolute Gasteiger partial charge is 0.351 e. The minimum Gasteiger partial charge on any atom is -0.493 e. The van der Waals surface area contributed by atoms with Crippen LogP contribution in [0.2, 0.25) is 0 Å². The van der Waals surface area contributed by atoms with Crippen LogP contribution in [0.25, 0.3) is 21.9 Å². The van der Waals surface area contributed by atoms with E-state index in [1.807, 2.05) is 0 Å². The number of benzene rings is 1. The maximum Gasteiger partial charge on any atom is 0.351 e. The van der Waals surface area contributed by atoms with Gasteiger partial charge in [-0.15, -0.1) is 0 Å². The van der Waals surface area contributed by atoms with E-state index in [0.717, 1.165) is 0 Å². The first-order valence-electron chi connectivity index (χ1n) is 7.17. The summed E-state index contributed by atoms with van der Waals surface area (Å²) in [6, 6.07) is 2.55. The first kappa shape index (κ1) is 16.6. The fourth-order valence-corrected chi connectivity index (χ4v) is 2.70. The molecule has 25 heavy (non-hydrogen) atoms. The Bertz CT molecular complexity index is 1120. The van der Waals surface area contributed by atoms with Crippen LogP contribution >= 0.6 is 0 Å². The zero-order valence-electron chi connectivity index (χ0n) is 13.9. The summed E-state index contributed by atoms with van der Waals surface area (Å²) in [6.07, 6.45) is 0. The molecular weight excluding hydrogens is 332 g/mol. The summed E-state index contributed by atoms with van der Waals surface area (Å²) in [5, 5.41) is -0.199. The highest BCUT2D eigenvalue weighted by molar-refractivity contribution is 6.15. The lowest BCUT2D eigenvalue weighted by molar-refractivity contribution is 0.0598. The second kappa shape index (κ2) is 5.97. The molecule has 0 unspecified atom stereocenters. The van der Waals surface area contributed by atoms with E-state index in [9.17, 15) is 14.4 Å². The van der Waals surface area contributed by atoms with Crippen molar-refractivity contribution in [3.8, 4) is 11.5 Å². The largest absolute Gasteiger partial charge is 0.493 e. The Kier molecular flexibility index (Phi) is 3.96. The third-order valence-corrected chi connectivity index (χ3v) is 3.73. The van der Waals surface area contributed by atoms with Crippen LogP contribution in [0.3, 0.4) is 0 Å². The summed E-state index contributed by atoms with van der Waals surface area (Å²) < 4.78 is 26.1. The van der Waals surface area contributed by atoms with E-state index < -0.39 is 17.0 Å². The summed E-state index contributed by atoms with van der Waals surface area (Å²) >= 11 is 0. The van der Waals surface area contributed by atoms with Gasteiger partial charge in [-0.1, -0.05) is 0 Å². The minimum atomic E-state index is -0.876. The molecule has 0 bridgehead atoms. The molecule has 3 rings (SSSR count). The van der Waals surface area contributed by atoms with E-state index in [4.69, 9.17) is 23.0 Å². The van der Waals surface area contributed by atoms with Gasteiger partial charge in [-0.25, -0.2) is 9.59 Å². The molecule has 8 heteroatoms. The number of fused-ring (bicyclic) bond motifs is 3. The SMILES string of the molecule is COC(=O)c1c(OC)c(OC)cc2oc(=O)c3c(=O)cc(C)oc3c12. The number of esters is 1. The summed E-state index contributed by atoms with van der Waals surface area (Å²) in [5.41, 5.74) is -1.58. The number of hydrogen-bond acceptors (Lipinski definition) is 8. The number of ether oxygens (including phenoxy) is 3. The molecular formula is C17H14O8. The summed E-state index contributed by atoms with van der Waals surface area (Å²) in [6.45, 7) is 1.56. The van der Waals surface area contributed by atoms with Crippen LogP contribution in [-0.4, -0.2) is 27.3 Å². The Morgan fingerprint density at radius 2 is 1.72 bits per heavy atom. The molecule has 0 atom stereocenters. The highest BCUT2D eigenvalue weighted by atomic mass is 16.5. The normalized spacial score (nSPS) is 10.9. The van der Waals surface area contributed by atoms with Crippen LogP contribution in [0.1, 0.15) is 16.1 Å². The molecule has 3 aromatic rings. The maximum absolute atomic E-state index is 12.4. The van der Waals surface area contributed by atoms with Crippen LogP contribution in [0.5, 0.6) is 11.5 Å². The molecule has 1 aromatic carbocycles. The predicted molar refractivity (Wildman–Crippen MR) is 87.7 cm³/mol. The van der Waals surface area contributed by atoms with Crippen molar-refractivity contribution in [3.63, 3.8) is 0 Å². The Morgan fingerprint density at radius 1 is 1.00 bits per heavy atom. The Hall–Kier alpha value is -3.29. The van der Waals surface area contributed by atoms with Gasteiger partial charge in [0, 0.05) is 12.1 Å². The lowest BCUT2D eigenvalue weighted by Crippen LogP contribution is -2.14. The molecule has 0 spiro atoms. The van der Waals surface area contributed by atoms with Crippen molar-refractivity contribution < 1.29 is 27.8 Å². The zero-order valence-corrected chi connectivity index (χ0v) is 13.9. The van der Waals surface area contributed by atoms with Crippen LogP contribution in [0.15, 0.2) is 30.6 Å². The van der Waals surface area contributed by atoms with Crippen LogP contribution in [0, 0.1) is 6.92 Å². The van der Waals surface area contributed by atoms with Crippen molar-refractivity contribution in [2.45, 2.75) is 6.92 Å². The van der Waals surface area contributed by atoms with Gasteiger partial charge < -0.3 is 23.0 Å². The van der Waals surface area contributed by atoms with Crippen molar-refractivity contribution in [2.75, 3.05) is 21.3 Å². The van der Waals surface area contributed by atoms with E-state index >= 15 is 0 Å². The molecule has 0 radical (unpaired) electrons. The lowest BCUT2D eigenvalue weighted by Gasteiger charge is -2.14. The summed E-state index contributed by atoms with van der Waals surface area (Å²) in [7, 11) is 3.91. The zero-order chi connectivity index (χ0) is 18.3. The Balaban J connectivity index is 2.71. The van der Waals surface area contributed by atoms with E-state index in [2.05, 4.69) is 0 Å². The molecule has 0 aliphatic rings. The van der Waals surface area contributed by atoms with Crippen LogP contribution in [-0.2, 0) is 4.74 Å². The molecule has 0 amide bonds. The highest BCUT2D eigenvalue weighted by Crippen LogP contribution is 2.39. The van der Waals surface area contributed by atoms with E-state index in [1.54, 1.807) is 6.92 Å². The van der Waals surface area contributed by atoms with Crippen LogP contribution < -0.4 is 20.5 Å². The Labute approximate surface area is 140 Å². The number of rotatable bonds is 3. The molecule has 0 N–H and O–H groups in total. The van der Waals surface area contributed by atoms with E-state index in [0.29, 0.717) is 0 Å². The molecule has 0 saturated carbocycles. The van der Waals surface area contributed by atoms with Gasteiger partial charge in [0.15, 0.2) is 27.9 Å². The van der Waals surface area contributed by atoms with Gasteiger partial charge in [-0.05, 0) is 6.92 Å². The Morgan fingerprint density at radius 3 is 2.32 bits per heavy atom. The quantitative estimate of drug-likeness (QED) is 0.403. The highest BCUT2D eigenvalue weighted by Gasteiger charge is 2.27. The van der Waals surface area contributed by atoms with Crippen molar-refractivity contribution in [3.05, 3.63) is 44.1 Å². The van der Waals surface area contributed by atoms with Crippen molar-refractivity contribution >= 4 is 27.9 Å². The molecule has 8 nitrogen and oxygen atoms in total. The topological polar surface area (TPSA) is 105 Å². The minimum absolute atomic E-state index is 0.00398. The number of carbonyl (C=O) groups is 1. The maximum atomic E-state index is 12.4. The van der Waals surface area contributed by atoms with Crippen molar-refractivity contribution in [1.82, 2.24) is 0 Å². The molecule has 130 valence electrons. The van der Waals surface area contributed by atoms with Crippen LogP contribution in [0.4, 0.5) is 0 Å². The fraction of sp³-hybridized carbons (Fsp3) is 0.235. The third-order valence-electron chi connectivity index (χ3n) is 3.73. The van der Waals surface area contributed by atoms with Gasteiger partial charge in [0.05, 0.1) is 26.7 Å². The van der Waals surface area contributed by atoms with Gasteiger partial charge >= 0.3 is 11.6 Å². The average Bonchev–Trinajstić information content (AvgIpc) is 2.58. The van der Waals surface area contributed by atoms with Gasteiger partial charge in [0.2, 0.25) is 0 Å². The molecule has 0 fully saturated rings. The lowest BCUT2D eigenvalue weighted by atomic mass is 10.0. The molecule has 0 aliphatic carbocycles. The van der Waals surface area contributed by atoms with Gasteiger partial charge in [0.25, 0.3) is 0 Å². The fourth-order valence-electron chi connectivity index (χ4n) is 2.70. The third kappa shape index (κ3) is 2.42. The first-order valence-corrected chi connectivity index (χ1v) is 7.17. The van der Waals surface area contributed by atoms with E-state index in [-0.39, 0.29) is 44.8 Å². The number of hydrogen-bond donors (Lipinski definition) is 0. The first-order chi connectivity index (χ1) is 11.9. The molecule has 2 aromatic heterocycles. The second-order valence-corrected chi connectivity index (χ2v) is 5.17. The number of aryl methyl sites for hydroxylation is 1.